The molecule has 0 bridgehead atoms. The molecule has 0 aliphatic carbocycles. The summed E-state index contributed by atoms with van der Waals surface area (Å²) in [6.45, 7) is 5.08. The molecule has 2 aromatic rings. The molecule has 106 valence electrons. The molecule has 0 spiro atoms. The van der Waals surface area contributed by atoms with Gasteiger partial charge in [0.05, 0.1) is 16.8 Å². The highest BCUT2D eigenvalue weighted by Crippen LogP contribution is 2.23. The number of hydrogen-bond acceptors (Lipinski definition) is 3. The zero-order valence-corrected chi connectivity index (χ0v) is 12.7. The maximum absolute atomic E-state index is 6.25. The zero-order valence-electron chi connectivity index (χ0n) is 11.9. The predicted octanol–water partition coefficient (Wildman–Crippen LogP) is 3.59. The van der Waals surface area contributed by atoms with Crippen LogP contribution in [0.15, 0.2) is 36.7 Å². The Bertz CT molecular complexity index is 540. The van der Waals surface area contributed by atoms with Gasteiger partial charge in [-0.05, 0) is 36.7 Å². The number of likely N-dealkylation sites (N-methyl/N-ethyl adjacent to an activating group) is 1. The van der Waals surface area contributed by atoms with Gasteiger partial charge in [-0.25, -0.2) is 0 Å². The summed E-state index contributed by atoms with van der Waals surface area (Å²) in [4.78, 5) is 8.92. The summed E-state index contributed by atoms with van der Waals surface area (Å²) in [7, 11) is 0. The van der Waals surface area contributed by atoms with Gasteiger partial charge >= 0.3 is 0 Å². The van der Waals surface area contributed by atoms with Crippen molar-refractivity contribution in [2.45, 2.75) is 32.7 Å². The van der Waals surface area contributed by atoms with E-state index in [0.717, 1.165) is 30.8 Å². The van der Waals surface area contributed by atoms with E-state index in [9.17, 15) is 0 Å². The van der Waals surface area contributed by atoms with Crippen LogP contribution in [-0.2, 0) is 12.8 Å². The molecule has 2 rings (SSSR count). The van der Waals surface area contributed by atoms with Crippen LogP contribution in [-0.4, -0.2) is 16.5 Å². The van der Waals surface area contributed by atoms with Gasteiger partial charge in [0.25, 0.3) is 0 Å². The molecule has 0 aliphatic heterocycles. The minimum Gasteiger partial charge on any atom is -0.309 e. The van der Waals surface area contributed by atoms with Crippen LogP contribution in [0.25, 0.3) is 0 Å². The standard InChI is InChI=1S/C16H20ClN3/c1-3-12-7-8-13(20-11-12)10-15(18-4-2)16-14(17)6-5-9-19-16/h5-9,11,15,18H,3-4,10H2,1-2H3. The van der Waals surface area contributed by atoms with Crippen LogP contribution < -0.4 is 5.32 Å². The summed E-state index contributed by atoms with van der Waals surface area (Å²) >= 11 is 6.25. The number of aromatic nitrogens is 2. The first-order chi connectivity index (χ1) is 9.74. The molecular formula is C16H20ClN3. The molecule has 0 aliphatic rings. The Morgan fingerprint density at radius 1 is 1.20 bits per heavy atom. The summed E-state index contributed by atoms with van der Waals surface area (Å²) in [6.07, 6.45) is 5.52. The van der Waals surface area contributed by atoms with E-state index in [1.165, 1.54) is 5.56 Å². The number of pyridine rings is 2. The molecule has 0 saturated carbocycles. The van der Waals surface area contributed by atoms with Crippen molar-refractivity contribution in [2.75, 3.05) is 6.54 Å². The molecule has 2 heterocycles. The summed E-state index contributed by atoms with van der Waals surface area (Å²) < 4.78 is 0. The third-order valence-corrected chi connectivity index (χ3v) is 3.59. The summed E-state index contributed by atoms with van der Waals surface area (Å²) in [6, 6.07) is 8.03. The molecular weight excluding hydrogens is 270 g/mol. The minimum absolute atomic E-state index is 0.0914. The molecule has 2 aromatic heterocycles. The van der Waals surface area contributed by atoms with Gasteiger partial charge in [0.2, 0.25) is 0 Å². The lowest BCUT2D eigenvalue weighted by Crippen LogP contribution is -2.24. The topological polar surface area (TPSA) is 37.8 Å². The summed E-state index contributed by atoms with van der Waals surface area (Å²) in [5, 5.41) is 4.13. The Hall–Kier alpha value is -1.45. The van der Waals surface area contributed by atoms with Gasteiger partial charge in [-0.3, -0.25) is 9.97 Å². The highest BCUT2D eigenvalue weighted by molar-refractivity contribution is 6.31. The first-order valence-corrected chi connectivity index (χ1v) is 7.40. The van der Waals surface area contributed by atoms with E-state index in [0.29, 0.717) is 5.02 Å². The average Bonchev–Trinajstić information content (AvgIpc) is 2.48. The van der Waals surface area contributed by atoms with E-state index < -0.39 is 0 Å². The van der Waals surface area contributed by atoms with Gasteiger partial charge in [-0.1, -0.05) is 31.5 Å². The fraction of sp³-hybridized carbons (Fsp3) is 0.375. The van der Waals surface area contributed by atoms with Gasteiger partial charge in [0.15, 0.2) is 0 Å². The zero-order chi connectivity index (χ0) is 14.4. The first-order valence-electron chi connectivity index (χ1n) is 7.02. The van der Waals surface area contributed by atoms with Crippen molar-refractivity contribution < 1.29 is 0 Å². The summed E-state index contributed by atoms with van der Waals surface area (Å²) in [5.74, 6) is 0. The average molecular weight is 290 g/mol. The molecule has 0 saturated heterocycles. The van der Waals surface area contributed by atoms with Crippen molar-refractivity contribution in [1.29, 1.82) is 0 Å². The Morgan fingerprint density at radius 3 is 2.65 bits per heavy atom. The molecule has 0 amide bonds. The van der Waals surface area contributed by atoms with E-state index in [4.69, 9.17) is 11.6 Å². The fourth-order valence-corrected chi connectivity index (χ4v) is 2.41. The Balaban J connectivity index is 2.18. The SMILES string of the molecule is CCNC(Cc1ccc(CC)cn1)c1ncccc1Cl. The van der Waals surface area contributed by atoms with Crippen LogP contribution >= 0.6 is 11.6 Å². The van der Waals surface area contributed by atoms with Crippen LogP contribution in [0.1, 0.15) is 36.8 Å². The smallest absolute Gasteiger partial charge is 0.0762 e. The van der Waals surface area contributed by atoms with Gasteiger partial charge in [0.1, 0.15) is 0 Å². The Labute approximate surface area is 125 Å². The number of hydrogen-bond donors (Lipinski definition) is 1. The van der Waals surface area contributed by atoms with Gasteiger partial charge in [-0.2, -0.15) is 0 Å². The van der Waals surface area contributed by atoms with Crippen LogP contribution in [0.2, 0.25) is 5.02 Å². The highest BCUT2D eigenvalue weighted by atomic mass is 35.5. The van der Waals surface area contributed by atoms with Crippen molar-refractivity contribution in [3.63, 3.8) is 0 Å². The van der Waals surface area contributed by atoms with Crippen LogP contribution in [0.5, 0.6) is 0 Å². The summed E-state index contributed by atoms with van der Waals surface area (Å²) in [5.41, 5.74) is 3.19. The largest absolute Gasteiger partial charge is 0.309 e. The van der Waals surface area contributed by atoms with E-state index in [1.807, 2.05) is 18.3 Å². The number of rotatable bonds is 6. The maximum atomic E-state index is 6.25. The lowest BCUT2D eigenvalue weighted by atomic mass is 10.1. The molecule has 0 fully saturated rings. The molecule has 1 N–H and O–H groups in total. The van der Waals surface area contributed by atoms with Crippen LogP contribution in [0, 0.1) is 0 Å². The Morgan fingerprint density at radius 2 is 2.05 bits per heavy atom. The molecule has 20 heavy (non-hydrogen) atoms. The normalized spacial score (nSPS) is 12.3. The van der Waals surface area contributed by atoms with Crippen molar-refractivity contribution in [3.8, 4) is 0 Å². The van der Waals surface area contributed by atoms with Gasteiger partial charge in [0, 0.05) is 24.5 Å². The highest BCUT2D eigenvalue weighted by Gasteiger charge is 2.16. The van der Waals surface area contributed by atoms with E-state index in [1.54, 1.807) is 6.20 Å². The van der Waals surface area contributed by atoms with Crippen molar-refractivity contribution >= 4 is 11.6 Å². The first kappa shape index (κ1) is 14.9. The van der Waals surface area contributed by atoms with Gasteiger partial charge in [-0.15, -0.1) is 0 Å². The molecule has 3 nitrogen and oxygen atoms in total. The maximum Gasteiger partial charge on any atom is 0.0762 e. The predicted molar refractivity (Wildman–Crippen MR) is 83.0 cm³/mol. The molecule has 1 unspecified atom stereocenters. The van der Waals surface area contributed by atoms with E-state index >= 15 is 0 Å². The van der Waals surface area contributed by atoms with Crippen molar-refractivity contribution in [1.82, 2.24) is 15.3 Å². The third-order valence-electron chi connectivity index (χ3n) is 3.28. The van der Waals surface area contributed by atoms with Crippen molar-refractivity contribution in [2.24, 2.45) is 0 Å². The third kappa shape index (κ3) is 3.78. The monoisotopic (exact) mass is 289 g/mol. The fourth-order valence-electron chi connectivity index (χ4n) is 2.16. The van der Waals surface area contributed by atoms with Gasteiger partial charge < -0.3 is 5.32 Å². The van der Waals surface area contributed by atoms with Crippen molar-refractivity contribution in [3.05, 3.63) is 58.6 Å². The second-order valence-corrected chi connectivity index (χ2v) is 5.10. The lowest BCUT2D eigenvalue weighted by Gasteiger charge is -2.18. The van der Waals surface area contributed by atoms with Crippen LogP contribution in [0.3, 0.4) is 0 Å². The second-order valence-electron chi connectivity index (χ2n) is 4.70. The lowest BCUT2D eigenvalue weighted by molar-refractivity contribution is 0.531. The quantitative estimate of drug-likeness (QED) is 0.883. The molecule has 1 atom stereocenters. The number of nitrogens with zero attached hydrogens (tertiary/aromatic N) is 2. The molecule has 0 aromatic carbocycles. The number of halogens is 1. The second kappa shape index (κ2) is 7.36. The molecule has 4 heteroatoms. The van der Waals surface area contributed by atoms with Crippen LogP contribution in [0.4, 0.5) is 0 Å². The van der Waals surface area contributed by atoms with E-state index in [-0.39, 0.29) is 6.04 Å². The number of nitrogens with one attached hydrogen (secondary N) is 1. The van der Waals surface area contributed by atoms with E-state index in [2.05, 4.69) is 41.3 Å². The number of aryl methyl sites for hydroxylation is 1. The Kier molecular flexibility index (Phi) is 5.50. The molecule has 0 radical (unpaired) electrons. The minimum atomic E-state index is 0.0914.